The van der Waals surface area contributed by atoms with Gasteiger partial charge in [0, 0.05) is 12.1 Å². The average Bonchev–Trinajstić information content (AvgIpc) is 3.23. The number of anilines is 2. The molecule has 0 amide bonds. The van der Waals surface area contributed by atoms with Crippen molar-refractivity contribution >= 4 is 11.6 Å². The Hall–Kier alpha value is -3.64. The number of H-pyrrole nitrogens is 1. The second-order valence-corrected chi connectivity index (χ2v) is 7.69. The number of nitriles is 1. The number of nitrogens with zero attached hydrogens (tertiary/aromatic N) is 4. The number of benzene rings is 1. The lowest BCUT2D eigenvalue weighted by Crippen LogP contribution is -2.31. The molecule has 4 rings (SSSR count). The Balaban J connectivity index is 1.61. The zero-order valence-corrected chi connectivity index (χ0v) is 17.6. The van der Waals surface area contributed by atoms with E-state index in [1.54, 1.807) is 7.11 Å². The lowest BCUT2D eigenvalue weighted by Gasteiger charge is -2.28. The predicted molar refractivity (Wildman–Crippen MR) is 116 cm³/mol. The monoisotopic (exact) mass is 419 g/mol. The van der Waals surface area contributed by atoms with Crippen LogP contribution in [0.2, 0.25) is 0 Å². The maximum absolute atomic E-state index is 8.85. The number of rotatable bonds is 6. The SMILES string of the molecule is COc1cc(C)cc(O[C@H]2CC[C@H](N)CC2)c1-c1cc(Nc2cnc(C#N)cn2)n[nH]1. The van der Waals surface area contributed by atoms with Crippen molar-refractivity contribution < 1.29 is 9.47 Å². The summed E-state index contributed by atoms with van der Waals surface area (Å²) in [5.74, 6) is 2.51. The van der Waals surface area contributed by atoms with E-state index in [1.807, 2.05) is 31.2 Å². The summed E-state index contributed by atoms with van der Waals surface area (Å²) in [6.45, 7) is 2.01. The fourth-order valence-corrected chi connectivity index (χ4v) is 3.72. The number of aromatic nitrogens is 4. The Morgan fingerprint density at radius 1 is 1.10 bits per heavy atom. The minimum Gasteiger partial charge on any atom is -0.496 e. The van der Waals surface area contributed by atoms with E-state index in [2.05, 4.69) is 25.5 Å². The van der Waals surface area contributed by atoms with Crippen LogP contribution in [0.1, 0.15) is 36.9 Å². The van der Waals surface area contributed by atoms with Crippen LogP contribution >= 0.6 is 0 Å². The highest BCUT2D eigenvalue weighted by molar-refractivity contribution is 5.77. The van der Waals surface area contributed by atoms with Gasteiger partial charge in [0.25, 0.3) is 0 Å². The molecular weight excluding hydrogens is 394 g/mol. The zero-order chi connectivity index (χ0) is 21.8. The lowest BCUT2D eigenvalue weighted by molar-refractivity contribution is 0.147. The Morgan fingerprint density at radius 2 is 1.87 bits per heavy atom. The van der Waals surface area contributed by atoms with Gasteiger partial charge in [0.15, 0.2) is 11.5 Å². The summed E-state index contributed by atoms with van der Waals surface area (Å²) in [6.07, 6.45) is 6.82. The van der Waals surface area contributed by atoms with E-state index in [0.717, 1.165) is 48.3 Å². The highest BCUT2D eigenvalue weighted by Crippen LogP contribution is 2.41. The molecule has 0 aliphatic heterocycles. The quantitative estimate of drug-likeness (QED) is 0.553. The topological polar surface area (TPSA) is 135 Å². The Kier molecular flexibility index (Phi) is 6.00. The van der Waals surface area contributed by atoms with Gasteiger partial charge in [-0.1, -0.05) is 0 Å². The van der Waals surface area contributed by atoms with Crippen LogP contribution in [0, 0.1) is 18.3 Å². The Bertz CT molecular complexity index is 1080. The molecule has 3 aromatic rings. The molecule has 1 aliphatic carbocycles. The first kappa shape index (κ1) is 20.6. The molecular formula is C22H25N7O2. The van der Waals surface area contributed by atoms with E-state index < -0.39 is 0 Å². The van der Waals surface area contributed by atoms with Crippen molar-refractivity contribution in [1.82, 2.24) is 20.2 Å². The second kappa shape index (κ2) is 9.02. The summed E-state index contributed by atoms with van der Waals surface area (Å²) in [7, 11) is 1.64. The van der Waals surface area contributed by atoms with Crippen molar-refractivity contribution in [2.45, 2.75) is 44.8 Å². The first-order valence-electron chi connectivity index (χ1n) is 10.2. The number of aryl methyl sites for hydroxylation is 1. The van der Waals surface area contributed by atoms with Crippen molar-refractivity contribution in [2.75, 3.05) is 12.4 Å². The van der Waals surface area contributed by atoms with Crippen molar-refractivity contribution in [3.8, 4) is 28.8 Å². The molecule has 0 radical (unpaired) electrons. The fourth-order valence-electron chi connectivity index (χ4n) is 3.72. The van der Waals surface area contributed by atoms with Crippen molar-refractivity contribution in [3.63, 3.8) is 0 Å². The van der Waals surface area contributed by atoms with E-state index in [9.17, 15) is 0 Å². The van der Waals surface area contributed by atoms with Gasteiger partial charge in [-0.25, -0.2) is 9.97 Å². The molecule has 0 saturated heterocycles. The number of ether oxygens (including phenoxy) is 2. The zero-order valence-electron chi connectivity index (χ0n) is 17.6. The van der Waals surface area contributed by atoms with Crippen molar-refractivity contribution in [1.29, 1.82) is 5.26 Å². The smallest absolute Gasteiger partial charge is 0.158 e. The Morgan fingerprint density at radius 3 is 2.55 bits per heavy atom. The molecule has 9 nitrogen and oxygen atoms in total. The summed E-state index contributed by atoms with van der Waals surface area (Å²) < 4.78 is 12.1. The van der Waals surface area contributed by atoms with Crippen LogP contribution in [0.25, 0.3) is 11.3 Å². The third-order valence-electron chi connectivity index (χ3n) is 5.31. The third kappa shape index (κ3) is 4.75. The van der Waals surface area contributed by atoms with Gasteiger partial charge < -0.3 is 20.5 Å². The van der Waals surface area contributed by atoms with Crippen LogP contribution in [0.3, 0.4) is 0 Å². The Labute approximate surface area is 180 Å². The first-order chi connectivity index (χ1) is 15.1. The van der Waals surface area contributed by atoms with E-state index in [4.69, 9.17) is 20.5 Å². The molecule has 4 N–H and O–H groups in total. The van der Waals surface area contributed by atoms with Crippen molar-refractivity contribution in [2.24, 2.45) is 5.73 Å². The molecule has 9 heteroatoms. The number of aromatic amines is 1. The van der Waals surface area contributed by atoms with Gasteiger partial charge in [-0.2, -0.15) is 10.4 Å². The van der Waals surface area contributed by atoms with Gasteiger partial charge in [-0.15, -0.1) is 0 Å². The van der Waals surface area contributed by atoms with Crippen LogP contribution < -0.4 is 20.5 Å². The van der Waals surface area contributed by atoms with Crippen molar-refractivity contribution in [3.05, 3.63) is 41.9 Å². The lowest BCUT2D eigenvalue weighted by atomic mass is 9.93. The number of hydrogen-bond donors (Lipinski definition) is 3. The molecule has 0 unspecified atom stereocenters. The van der Waals surface area contributed by atoms with Gasteiger partial charge in [0.1, 0.15) is 23.4 Å². The van der Waals surface area contributed by atoms with Crippen LogP contribution in [0.5, 0.6) is 11.5 Å². The largest absolute Gasteiger partial charge is 0.496 e. The fraction of sp³-hybridized carbons (Fsp3) is 0.364. The summed E-state index contributed by atoms with van der Waals surface area (Å²) in [5, 5.41) is 19.3. The third-order valence-corrected chi connectivity index (χ3v) is 5.31. The van der Waals surface area contributed by atoms with E-state index in [1.165, 1.54) is 12.4 Å². The summed E-state index contributed by atoms with van der Waals surface area (Å²) in [5.41, 5.74) is 8.91. The maximum atomic E-state index is 8.85. The second-order valence-electron chi connectivity index (χ2n) is 7.69. The highest BCUT2D eigenvalue weighted by Gasteiger charge is 2.23. The van der Waals surface area contributed by atoms with Crippen LogP contribution in [-0.2, 0) is 0 Å². The molecule has 31 heavy (non-hydrogen) atoms. The molecule has 1 fully saturated rings. The highest BCUT2D eigenvalue weighted by atomic mass is 16.5. The number of nitrogens with one attached hydrogen (secondary N) is 2. The molecule has 160 valence electrons. The first-order valence-corrected chi connectivity index (χ1v) is 10.2. The van der Waals surface area contributed by atoms with Gasteiger partial charge in [-0.3, -0.25) is 5.10 Å². The molecule has 0 atom stereocenters. The molecule has 0 bridgehead atoms. The van der Waals surface area contributed by atoms with Gasteiger partial charge in [-0.05, 0) is 50.3 Å². The van der Waals surface area contributed by atoms with Crippen LogP contribution in [0.4, 0.5) is 11.6 Å². The van der Waals surface area contributed by atoms with Gasteiger partial charge in [0.05, 0.1) is 36.9 Å². The van der Waals surface area contributed by atoms with Gasteiger partial charge in [0.2, 0.25) is 0 Å². The average molecular weight is 419 g/mol. The maximum Gasteiger partial charge on any atom is 0.158 e. The number of nitrogens with two attached hydrogens (primary N) is 1. The predicted octanol–water partition coefficient (Wildman–Crippen LogP) is 3.45. The number of hydrogen-bond acceptors (Lipinski definition) is 8. The molecule has 0 spiro atoms. The van der Waals surface area contributed by atoms with Crippen LogP contribution in [-0.4, -0.2) is 39.4 Å². The summed E-state index contributed by atoms with van der Waals surface area (Å²) >= 11 is 0. The number of methoxy groups -OCH3 is 1. The normalized spacial score (nSPS) is 18.3. The minimum absolute atomic E-state index is 0.125. The molecule has 1 aromatic carbocycles. The molecule has 2 heterocycles. The standard InChI is InChI=1S/C22H25N7O2/c1-13-7-18(30-2)22(19(8-13)31-16-5-3-14(24)4-6-16)17-9-20(29-28-17)27-21-12-25-15(10-23)11-26-21/h7-9,11-12,14,16H,3-6,24H2,1-2H3,(H2,26,27,28,29)/t14-,16-. The van der Waals surface area contributed by atoms with E-state index in [0.29, 0.717) is 17.4 Å². The molecule has 1 saturated carbocycles. The molecule has 1 aliphatic rings. The van der Waals surface area contributed by atoms with Gasteiger partial charge >= 0.3 is 0 Å². The van der Waals surface area contributed by atoms with E-state index in [-0.39, 0.29) is 17.8 Å². The van der Waals surface area contributed by atoms with E-state index >= 15 is 0 Å². The minimum atomic E-state index is 0.125. The summed E-state index contributed by atoms with van der Waals surface area (Å²) in [4.78, 5) is 8.17. The van der Waals surface area contributed by atoms with Crippen LogP contribution in [0.15, 0.2) is 30.6 Å². The summed E-state index contributed by atoms with van der Waals surface area (Å²) in [6, 6.07) is 8.06. The molecule has 2 aromatic heterocycles.